The van der Waals surface area contributed by atoms with Crippen molar-refractivity contribution in [2.75, 3.05) is 14.1 Å². The molecule has 0 spiro atoms. The fraction of sp³-hybridized carbons (Fsp3) is 0.375. The van der Waals surface area contributed by atoms with E-state index in [1.807, 2.05) is 31.1 Å². The predicted octanol–water partition coefficient (Wildman–Crippen LogP) is 2.20. The van der Waals surface area contributed by atoms with Crippen LogP contribution < -0.4 is 0 Å². The van der Waals surface area contributed by atoms with Gasteiger partial charge in [0.25, 0.3) is 0 Å². The first-order chi connectivity index (χ1) is 5.65. The molecule has 0 aromatic carbocycles. The Morgan fingerprint density at radius 1 is 1.58 bits per heavy atom. The van der Waals surface area contributed by atoms with Crippen LogP contribution in [-0.2, 0) is 4.79 Å². The fourth-order valence-electron chi connectivity index (χ4n) is 0.930. The van der Waals surface area contributed by atoms with Crippen LogP contribution in [0.1, 0.15) is 10.9 Å². The van der Waals surface area contributed by atoms with Gasteiger partial charge in [-0.25, -0.2) is 0 Å². The second-order valence-electron chi connectivity index (χ2n) is 2.69. The molecule has 1 aromatic heterocycles. The lowest BCUT2D eigenvalue weighted by Crippen LogP contribution is -2.19. The van der Waals surface area contributed by atoms with E-state index in [1.165, 1.54) is 11.3 Å². The zero-order valence-corrected chi connectivity index (χ0v) is 8.52. The zero-order valence-electron chi connectivity index (χ0n) is 6.95. The van der Waals surface area contributed by atoms with Crippen LogP contribution in [0.25, 0.3) is 0 Å². The van der Waals surface area contributed by atoms with Crippen molar-refractivity contribution in [3.8, 4) is 0 Å². The SMILES string of the molecule is CN(C)C(C=O)c1ccc(Cl)s1. The van der Waals surface area contributed by atoms with Crippen molar-refractivity contribution in [1.82, 2.24) is 4.90 Å². The van der Waals surface area contributed by atoms with E-state index in [1.54, 1.807) is 0 Å². The van der Waals surface area contributed by atoms with Gasteiger partial charge in [0.15, 0.2) is 0 Å². The monoisotopic (exact) mass is 203 g/mol. The average Bonchev–Trinajstić information content (AvgIpc) is 2.37. The summed E-state index contributed by atoms with van der Waals surface area (Å²) in [4.78, 5) is 13.5. The summed E-state index contributed by atoms with van der Waals surface area (Å²) >= 11 is 7.19. The molecule has 1 rings (SSSR count). The van der Waals surface area contributed by atoms with Crippen molar-refractivity contribution in [2.24, 2.45) is 0 Å². The largest absolute Gasteiger partial charge is 0.301 e. The molecule has 1 heterocycles. The summed E-state index contributed by atoms with van der Waals surface area (Å²) in [7, 11) is 3.74. The molecular weight excluding hydrogens is 194 g/mol. The Balaban J connectivity index is 2.87. The van der Waals surface area contributed by atoms with Crippen LogP contribution >= 0.6 is 22.9 Å². The molecule has 0 N–H and O–H groups in total. The standard InChI is InChI=1S/C8H10ClNOS/c1-10(2)6(5-11)7-3-4-8(9)12-7/h3-6H,1-2H3. The molecule has 0 aliphatic carbocycles. The van der Waals surface area contributed by atoms with Gasteiger partial charge in [-0.2, -0.15) is 0 Å². The molecule has 0 saturated heterocycles. The van der Waals surface area contributed by atoms with Crippen molar-refractivity contribution in [1.29, 1.82) is 0 Å². The maximum absolute atomic E-state index is 10.7. The van der Waals surface area contributed by atoms with Gasteiger partial charge in [0.05, 0.1) is 10.4 Å². The van der Waals surface area contributed by atoms with E-state index in [0.29, 0.717) is 0 Å². The van der Waals surface area contributed by atoms with Gasteiger partial charge < -0.3 is 4.79 Å². The minimum absolute atomic E-state index is 0.164. The zero-order chi connectivity index (χ0) is 9.14. The van der Waals surface area contributed by atoms with Gasteiger partial charge in [-0.15, -0.1) is 11.3 Å². The molecule has 1 unspecified atom stereocenters. The molecule has 2 nitrogen and oxygen atoms in total. The number of hydrogen-bond donors (Lipinski definition) is 0. The van der Waals surface area contributed by atoms with Crippen LogP contribution in [0.2, 0.25) is 4.34 Å². The van der Waals surface area contributed by atoms with Crippen LogP contribution in [0.15, 0.2) is 12.1 Å². The molecule has 0 aliphatic rings. The highest BCUT2D eigenvalue weighted by atomic mass is 35.5. The Hall–Kier alpha value is -0.380. The molecule has 0 saturated carbocycles. The summed E-state index contributed by atoms with van der Waals surface area (Å²) < 4.78 is 0.721. The third-order valence-electron chi connectivity index (χ3n) is 1.57. The number of carbonyl (C=O) groups is 1. The Bertz CT molecular complexity index is 272. The molecule has 66 valence electrons. The molecule has 0 aliphatic heterocycles. The highest BCUT2D eigenvalue weighted by molar-refractivity contribution is 7.16. The highest BCUT2D eigenvalue weighted by Crippen LogP contribution is 2.27. The minimum atomic E-state index is -0.164. The van der Waals surface area contributed by atoms with Gasteiger partial charge in [0.2, 0.25) is 0 Å². The lowest BCUT2D eigenvalue weighted by molar-refractivity contribution is -0.111. The second kappa shape index (κ2) is 4.03. The highest BCUT2D eigenvalue weighted by Gasteiger charge is 2.14. The topological polar surface area (TPSA) is 20.3 Å². The van der Waals surface area contributed by atoms with Crippen molar-refractivity contribution in [2.45, 2.75) is 6.04 Å². The second-order valence-corrected chi connectivity index (χ2v) is 4.43. The summed E-state index contributed by atoms with van der Waals surface area (Å²) in [5.74, 6) is 0. The van der Waals surface area contributed by atoms with Gasteiger partial charge in [-0.3, -0.25) is 4.90 Å². The lowest BCUT2D eigenvalue weighted by Gasteiger charge is -2.16. The van der Waals surface area contributed by atoms with Gasteiger partial charge in [0.1, 0.15) is 6.29 Å². The molecule has 1 atom stereocenters. The van der Waals surface area contributed by atoms with Crippen LogP contribution in [0, 0.1) is 0 Å². The van der Waals surface area contributed by atoms with Gasteiger partial charge in [-0.1, -0.05) is 11.6 Å². The quantitative estimate of drug-likeness (QED) is 0.703. The number of likely N-dealkylation sites (N-methyl/N-ethyl adjacent to an activating group) is 1. The number of nitrogens with zero attached hydrogens (tertiary/aromatic N) is 1. The number of thiophene rings is 1. The van der Waals surface area contributed by atoms with Crippen molar-refractivity contribution >= 4 is 29.2 Å². The van der Waals surface area contributed by atoms with Crippen LogP contribution in [0.4, 0.5) is 0 Å². The maximum atomic E-state index is 10.7. The number of rotatable bonds is 3. The van der Waals surface area contributed by atoms with E-state index in [4.69, 9.17) is 11.6 Å². The van der Waals surface area contributed by atoms with E-state index in [0.717, 1.165) is 15.5 Å². The average molecular weight is 204 g/mol. The molecule has 0 radical (unpaired) electrons. The molecule has 1 aromatic rings. The molecule has 12 heavy (non-hydrogen) atoms. The van der Waals surface area contributed by atoms with Crippen molar-refractivity contribution < 1.29 is 4.79 Å². The number of carbonyl (C=O) groups excluding carboxylic acids is 1. The van der Waals surface area contributed by atoms with Gasteiger partial charge >= 0.3 is 0 Å². The Kier molecular flexibility index (Phi) is 3.26. The molecule has 0 fully saturated rings. The molecule has 0 amide bonds. The first-order valence-electron chi connectivity index (χ1n) is 3.52. The number of halogens is 1. The van der Waals surface area contributed by atoms with Crippen LogP contribution in [0.3, 0.4) is 0 Å². The van der Waals surface area contributed by atoms with E-state index in [2.05, 4.69) is 0 Å². The molecular formula is C8H10ClNOS. The number of aldehydes is 1. The van der Waals surface area contributed by atoms with E-state index >= 15 is 0 Å². The Labute approximate surface area is 80.8 Å². The third-order valence-corrected chi connectivity index (χ3v) is 2.87. The van der Waals surface area contributed by atoms with Gasteiger partial charge in [-0.05, 0) is 26.2 Å². The van der Waals surface area contributed by atoms with E-state index in [-0.39, 0.29) is 6.04 Å². The normalized spacial score (nSPS) is 13.3. The first kappa shape index (κ1) is 9.71. The fourth-order valence-corrected chi connectivity index (χ4v) is 2.15. The molecule has 0 bridgehead atoms. The summed E-state index contributed by atoms with van der Waals surface area (Å²) in [6.45, 7) is 0. The summed E-state index contributed by atoms with van der Waals surface area (Å²) in [6, 6.07) is 3.52. The minimum Gasteiger partial charge on any atom is -0.301 e. The Morgan fingerprint density at radius 2 is 2.25 bits per heavy atom. The van der Waals surface area contributed by atoms with Crippen LogP contribution in [-0.4, -0.2) is 25.3 Å². The van der Waals surface area contributed by atoms with Crippen molar-refractivity contribution in [3.05, 3.63) is 21.3 Å². The number of hydrogen-bond acceptors (Lipinski definition) is 3. The summed E-state index contributed by atoms with van der Waals surface area (Å²) in [5, 5.41) is 0. The van der Waals surface area contributed by atoms with Crippen molar-refractivity contribution in [3.63, 3.8) is 0 Å². The van der Waals surface area contributed by atoms with E-state index < -0.39 is 0 Å². The summed E-state index contributed by atoms with van der Waals surface area (Å²) in [5.41, 5.74) is 0. The Morgan fingerprint density at radius 3 is 2.58 bits per heavy atom. The van der Waals surface area contributed by atoms with Crippen LogP contribution in [0.5, 0.6) is 0 Å². The first-order valence-corrected chi connectivity index (χ1v) is 4.71. The smallest absolute Gasteiger partial charge is 0.142 e. The van der Waals surface area contributed by atoms with Gasteiger partial charge in [0, 0.05) is 4.88 Å². The maximum Gasteiger partial charge on any atom is 0.142 e. The molecule has 4 heteroatoms. The predicted molar refractivity (Wildman–Crippen MR) is 51.8 cm³/mol. The summed E-state index contributed by atoms with van der Waals surface area (Å²) in [6.07, 6.45) is 0.919. The lowest BCUT2D eigenvalue weighted by atomic mass is 10.2. The van der Waals surface area contributed by atoms with E-state index in [9.17, 15) is 4.79 Å². The third kappa shape index (κ3) is 2.06.